The van der Waals surface area contributed by atoms with E-state index in [9.17, 15) is 22.9 Å². The van der Waals surface area contributed by atoms with Gasteiger partial charge in [-0.25, -0.2) is 0 Å². The van der Waals surface area contributed by atoms with Crippen LogP contribution < -0.4 is 5.32 Å². The lowest BCUT2D eigenvalue weighted by atomic mass is 10.0. The van der Waals surface area contributed by atoms with Gasteiger partial charge in [0, 0.05) is 6.42 Å². The van der Waals surface area contributed by atoms with E-state index in [0.717, 1.165) is 32.1 Å². The van der Waals surface area contributed by atoms with Gasteiger partial charge in [-0.3, -0.25) is 9.35 Å². The second kappa shape index (κ2) is 29.9. The van der Waals surface area contributed by atoms with Gasteiger partial charge in [0.1, 0.15) is 0 Å². The summed E-state index contributed by atoms with van der Waals surface area (Å²) >= 11 is 0. The second-order valence-corrected chi connectivity index (χ2v) is 13.6. The number of nitrogens with one attached hydrogen (secondary N) is 1. The van der Waals surface area contributed by atoms with E-state index in [2.05, 4.69) is 31.3 Å². The number of carbonyl (C=O) groups excluding carboxylic acids is 1. The quantitative estimate of drug-likeness (QED) is 0.0410. The van der Waals surface area contributed by atoms with Gasteiger partial charge < -0.3 is 10.4 Å². The Morgan fingerprint density at radius 1 is 0.619 bits per heavy atom. The molecule has 0 radical (unpaired) electrons. The zero-order valence-corrected chi connectivity index (χ0v) is 28.2. The highest BCUT2D eigenvalue weighted by molar-refractivity contribution is 7.85. The number of allylic oxidation sites excluding steroid dienone is 3. The monoisotopic (exact) mass is 613 g/mol. The van der Waals surface area contributed by atoms with Crippen LogP contribution in [0.1, 0.15) is 174 Å². The van der Waals surface area contributed by atoms with Crippen LogP contribution in [0.3, 0.4) is 0 Å². The Balaban J connectivity index is 3.91. The average Bonchev–Trinajstić information content (AvgIpc) is 2.94. The summed E-state index contributed by atoms with van der Waals surface area (Å²) in [6, 6.07) is -1.07. The molecule has 0 aromatic heterocycles. The minimum atomic E-state index is -4.34. The summed E-state index contributed by atoms with van der Waals surface area (Å²) in [5.41, 5.74) is 0. The van der Waals surface area contributed by atoms with Crippen LogP contribution in [0.25, 0.3) is 0 Å². The number of carbonyl (C=O) groups is 1. The van der Waals surface area contributed by atoms with Gasteiger partial charge in [-0.1, -0.05) is 160 Å². The van der Waals surface area contributed by atoms with Crippen molar-refractivity contribution < 1.29 is 22.9 Å². The fourth-order valence-corrected chi connectivity index (χ4v) is 5.96. The fraction of sp³-hybridized carbons (Fsp3) is 0.857. The Kier molecular flexibility index (Phi) is 29.0. The Labute approximate surface area is 260 Å². The maximum Gasteiger partial charge on any atom is 0.267 e. The molecule has 7 heteroatoms. The second-order valence-electron chi connectivity index (χ2n) is 12.1. The predicted octanol–water partition coefficient (Wildman–Crippen LogP) is 9.62. The van der Waals surface area contributed by atoms with Crippen molar-refractivity contribution in [1.29, 1.82) is 0 Å². The van der Waals surface area contributed by atoms with Crippen molar-refractivity contribution in [3.63, 3.8) is 0 Å². The highest BCUT2D eigenvalue weighted by Gasteiger charge is 2.24. The summed E-state index contributed by atoms with van der Waals surface area (Å²) in [7, 11) is -4.34. The van der Waals surface area contributed by atoms with E-state index in [1.807, 2.05) is 0 Å². The molecule has 1 amide bonds. The zero-order valence-electron chi connectivity index (χ0n) is 27.4. The molecule has 0 saturated heterocycles. The van der Waals surface area contributed by atoms with Crippen molar-refractivity contribution in [2.24, 2.45) is 0 Å². The van der Waals surface area contributed by atoms with Crippen LogP contribution in [-0.2, 0) is 14.9 Å². The van der Waals surface area contributed by atoms with E-state index in [1.165, 1.54) is 122 Å². The van der Waals surface area contributed by atoms with Crippen LogP contribution in [-0.4, -0.2) is 41.9 Å². The Hall–Kier alpha value is -1.18. The smallest absolute Gasteiger partial charge is 0.267 e. The van der Waals surface area contributed by atoms with Crippen molar-refractivity contribution in [2.45, 2.75) is 187 Å². The molecule has 0 spiro atoms. The molecular weight excluding hydrogens is 546 g/mol. The van der Waals surface area contributed by atoms with Crippen LogP contribution in [0.4, 0.5) is 0 Å². The summed E-state index contributed by atoms with van der Waals surface area (Å²) in [5.74, 6) is -0.997. The van der Waals surface area contributed by atoms with Gasteiger partial charge in [-0.05, 0) is 32.1 Å². The van der Waals surface area contributed by atoms with Gasteiger partial charge in [-0.2, -0.15) is 8.42 Å². The third-order valence-electron chi connectivity index (χ3n) is 7.88. The largest absolute Gasteiger partial charge is 0.387 e. The molecule has 0 saturated carbocycles. The molecule has 0 rings (SSSR count). The molecule has 0 aromatic rings. The van der Waals surface area contributed by atoms with E-state index in [4.69, 9.17) is 0 Å². The summed E-state index contributed by atoms with van der Waals surface area (Å²) < 4.78 is 32.2. The highest BCUT2D eigenvalue weighted by atomic mass is 32.2. The number of aliphatic hydroxyl groups is 1. The van der Waals surface area contributed by atoms with Gasteiger partial charge in [-0.15, -0.1) is 0 Å². The lowest BCUT2D eigenvalue weighted by Crippen LogP contribution is -2.46. The molecule has 2 unspecified atom stereocenters. The highest BCUT2D eigenvalue weighted by Crippen LogP contribution is 2.15. The lowest BCUT2D eigenvalue weighted by molar-refractivity contribution is -0.122. The van der Waals surface area contributed by atoms with Crippen LogP contribution in [0, 0.1) is 0 Å². The molecule has 0 aliphatic heterocycles. The fourth-order valence-electron chi connectivity index (χ4n) is 5.23. The first-order valence-electron chi connectivity index (χ1n) is 17.5. The summed E-state index contributed by atoms with van der Waals surface area (Å²) in [6.07, 6.45) is 36.0. The number of rotatable bonds is 31. The number of aliphatic hydroxyl groups excluding tert-OH is 1. The average molecular weight is 614 g/mol. The first-order valence-corrected chi connectivity index (χ1v) is 19.1. The molecule has 3 N–H and O–H groups in total. The van der Waals surface area contributed by atoms with E-state index < -0.39 is 28.0 Å². The van der Waals surface area contributed by atoms with E-state index >= 15 is 0 Å². The predicted molar refractivity (Wildman–Crippen MR) is 179 cm³/mol. The molecule has 0 aromatic carbocycles. The van der Waals surface area contributed by atoms with Gasteiger partial charge in [0.15, 0.2) is 0 Å². The Morgan fingerprint density at radius 2 is 1.02 bits per heavy atom. The molecule has 0 heterocycles. The number of hydrogen-bond acceptors (Lipinski definition) is 4. The first-order chi connectivity index (χ1) is 20.3. The van der Waals surface area contributed by atoms with E-state index in [1.54, 1.807) is 6.08 Å². The van der Waals surface area contributed by atoms with Crippen molar-refractivity contribution in [1.82, 2.24) is 5.32 Å². The number of hydrogen-bond donors (Lipinski definition) is 3. The van der Waals surface area contributed by atoms with Crippen LogP contribution in [0.15, 0.2) is 24.3 Å². The van der Waals surface area contributed by atoms with E-state index in [-0.39, 0.29) is 5.91 Å². The van der Waals surface area contributed by atoms with Crippen molar-refractivity contribution in [3.05, 3.63) is 24.3 Å². The van der Waals surface area contributed by atoms with Crippen LogP contribution in [0.2, 0.25) is 0 Å². The van der Waals surface area contributed by atoms with Gasteiger partial charge >= 0.3 is 0 Å². The van der Waals surface area contributed by atoms with Gasteiger partial charge in [0.05, 0.1) is 17.9 Å². The Bertz CT molecular complexity index is 765. The molecule has 248 valence electrons. The third-order valence-corrected chi connectivity index (χ3v) is 8.66. The zero-order chi connectivity index (χ0) is 31.2. The third kappa shape index (κ3) is 30.3. The molecule has 42 heavy (non-hydrogen) atoms. The topological polar surface area (TPSA) is 104 Å². The Morgan fingerprint density at radius 3 is 1.50 bits per heavy atom. The standard InChI is InChI=1S/C35H67NO5S/c1-3-5-7-9-11-13-14-15-16-17-18-19-20-21-23-25-27-29-31-35(38)36-33(32-42(39,40)41)34(37)30-28-26-24-22-12-10-8-6-4-2/h12,22,28,30,33-34,37H,3-11,13-21,23-27,29,31-32H2,1-2H3,(H,36,38)(H,39,40,41)/b22-12+,30-28+. The summed E-state index contributed by atoms with van der Waals surface area (Å²) in [4.78, 5) is 12.4. The maximum atomic E-state index is 12.4. The molecule has 6 nitrogen and oxygen atoms in total. The van der Waals surface area contributed by atoms with Crippen molar-refractivity contribution >= 4 is 16.0 Å². The summed E-state index contributed by atoms with van der Waals surface area (Å²) in [5, 5.41) is 13.1. The van der Waals surface area contributed by atoms with E-state index in [0.29, 0.717) is 12.8 Å². The molecule has 0 fully saturated rings. The normalized spacial score (nSPS) is 13.7. The van der Waals surface area contributed by atoms with Crippen molar-refractivity contribution in [2.75, 3.05) is 5.75 Å². The number of unbranched alkanes of at least 4 members (excludes halogenated alkanes) is 21. The van der Waals surface area contributed by atoms with Crippen LogP contribution >= 0.6 is 0 Å². The minimum Gasteiger partial charge on any atom is -0.387 e. The SMILES string of the molecule is CCCCC/C=C/CC/C=C/C(O)C(CS(=O)(=O)O)NC(=O)CCCCCCCCCCCCCCCCCCCC. The van der Waals surface area contributed by atoms with Crippen LogP contribution in [0.5, 0.6) is 0 Å². The minimum absolute atomic E-state index is 0.289. The molecule has 0 aliphatic rings. The maximum absolute atomic E-state index is 12.4. The number of amides is 1. The molecule has 0 aliphatic carbocycles. The van der Waals surface area contributed by atoms with Gasteiger partial charge in [0.2, 0.25) is 5.91 Å². The summed E-state index contributed by atoms with van der Waals surface area (Å²) in [6.45, 7) is 4.45. The lowest BCUT2D eigenvalue weighted by Gasteiger charge is -2.21. The van der Waals surface area contributed by atoms with Gasteiger partial charge in [0.25, 0.3) is 10.1 Å². The molecule has 2 atom stereocenters. The van der Waals surface area contributed by atoms with Crippen molar-refractivity contribution in [3.8, 4) is 0 Å². The molecular formula is C35H67NO5S. The molecule has 0 bridgehead atoms. The first kappa shape index (κ1) is 40.8.